The van der Waals surface area contributed by atoms with Crippen LogP contribution >= 0.6 is 11.8 Å². The van der Waals surface area contributed by atoms with Crippen molar-refractivity contribution in [3.8, 4) is 0 Å². The number of rotatable bonds is 3. The van der Waals surface area contributed by atoms with Crippen molar-refractivity contribution in [3.05, 3.63) is 0 Å². The van der Waals surface area contributed by atoms with Crippen LogP contribution in [0.25, 0.3) is 0 Å². The predicted octanol–water partition coefficient (Wildman–Crippen LogP) is 2.66. The van der Waals surface area contributed by atoms with Crippen LogP contribution in [0.4, 0.5) is 0 Å². The zero-order valence-corrected chi connectivity index (χ0v) is 9.34. The Labute approximate surface area is 80.7 Å². The maximum Gasteiger partial charge on any atom is 0.00753 e. The molecule has 1 fully saturated rings. The molecule has 0 amide bonds. The first-order valence-corrected chi connectivity index (χ1v) is 5.94. The first-order valence-electron chi connectivity index (χ1n) is 4.95. The zero-order chi connectivity index (χ0) is 9.03. The van der Waals surface area contributed by atoms with Crippen LogP contribution in [0, 0.1) is 0 Å². The van der Waals surface area contributed by atoms with Gasteiger partial charge in [0.25, 0.3) is 0 Å². The summed E-state index contributed by atoms with van der Waals surface area (Å²) in [4.78, 5) is 0. The molecule has 1 aliphatic rings. The summed E-state index contributed by atoms with van der Waals surface area (Å²) in [5, 5.41) is 3.53. The third kappa shape index (κ3) is 4.36. The van der Waals surface area contributed by atoms with Crippen LogP contribution in [0.5, 0.6) is 0 Å². The molecule has 72 valence electrons. The molecule has 2 heteroatoms. The Bertz CT molecular complexity index is 122. The quantitative estimate of drug-likeness (QED) is 0.729. The highest BCUT2D eigenvalue weighted by molar-refractivity contribution is 8.00. The number of hydrogen-bond donors (Lipinski definition) is 1. The Balaban J connectivity index is 2.02. The fraction of sp³-hybridized carbons (Fsp3) is 1.00. The normalized spacial score (nSPS) is 24.8. The Morgan fingerprint density at radius 3 is 2.67 bits per heavy atom. The SMILES string of the molecule is CC(C)(C)SCCC1CCCN1. The fourth-order valence-electron chi connectivity index (χ4n) is 1.51. The van der Waals surface area contributed by atoms with Gasteiger partial charge >= 0.3 is 0 Å². The molecule has 1 heterocycles. The first-order chi connectivity index (χ1) is 5.58. The highest BCUT2D eigenvalue weighted by Gasteiger charge is 2.15. The van der Waals surface area contributed by atoms with E-state index >= 15 is 0 Å². The number of hydrogen-bond acceptors (Lipinski definition) is 2. The van der Waals surface area contributed by atoms with Gasteiger partial charge in [0.05, 0.1) is 0 Å². The van der Waals surface area contributed by atoms with E-state index in [2.05, 4.69) is 37.8 Å². The van der Waals surface area contributed by atoms with Crippen LogP contribution in [0.3, 0.4) is 0 Å². The lowest BCUT2D eigenvalue weighted by molar-refractivity contribution is 0.590. The molecule has 0 aromatic rings. The molecule has 1 N–H and O–H groups in total. The monoisotopic (exact) mass is 187 g/mol. The standard InChI is InChI=1S/C10H21NS/c1-10(2,3)12-8-6-9-5-4-7-11-9/h9,11H,4-8H2,1-3H3. The molecule has 1 unspecified atom stereocenters. The van der Waals surface area contributed by atoms with Gasteiger partial charge in [-0.05, 0) is 31.6 Å². The van der Waals surface area contributed by atoms with E-state index in [1.54, 1.807) is 0 Å². The topological polar surface area (TPSA) is 12.0 Å². The molecule has 1 aliphatic heterocycles. The molecule has 0 bridgehead atoms. The van der Waals surface area contributed by atoms with Gasteiger partial charge in [-0.15, -0.1) is 0 Å². The van der Waals surface area contributed by atoms with Crippen molar-refractivity contribution in [1.29, 1.82) is 0 Å². The molecule has 0 spiro atoms. The molecular weight excluding hydrogens is 166 g/mol. The molecule has 1 nitrogen and oxygen atoms in total. The smallest absolute Gasteiger partial charge is 0.00753 e. The average molecular weight is 187 g/mol. The van der Waals surface area contributed by atoms with E-state index in [0.29, 0.717) is 4.75 Å². The van der Waals surface area contributed by atoms with E-state index < -0.39 is 0 Å². The molecule has 0 saturated carbocycles. The number of nitrogens with one attached hydrogen (secondary N) is 1. The summed E-state index contributed by atoms with van der Waals surface area (Å²) in [5.74, 6) is 1.31. The van der Waals surface area contributed by atoms with Gasteiger partial charge in [0, 0.05) is 10.8 Å². The maximum atomic E-state index is 3.53. The van der Waals surface area contributed by atoms with E-state index in [4.69, 9.17) is 0 Å². The number of thioether (sulfide) groups is 1. The molecule has 0 radical (unpaired) electrons. The summed E-state index contributed by atoms with van der Waals surface area (Å²) in [6, 6.07) is 0.819. The van der Waals surface area contributed by atoms with E-state index in [1.807, 2.05) is 0 Å². The van der Waals surface area contributed by atoms with Gasteiger partial charge in [-0.3, -0.25) is 0 Å². The summed E-state index contributed by atoms with van der Waals surface area (Å²) in [7, 11) is 0. The third-order valence-corrected chi connectivity index (χ3v) is 3.47. The van der Waals surface area contributed by atoms with Crippen molar-refractivity contribution >= 4 is 11.8 Å². The summed E-state index contributed by atoms with van der Waals surface area (Å²) in [5.41, 5.74) is 0. The maximum absolute atomic E-state index is 3.53. The van der Waals surface area contributed by atoms with Gasteiger partial charge in [0.15, 0.2) is 0 Å². The van der Waals surface area contributed by atoms with Gasteiger partial charge in [-0.1, -0.05) is 20.8 Å². The van der Waals surface area contributed by atoms with Gasteiger partial charge < -0.3 is 5.32 Å². The first kappa shape index (κ1) is 10.4. The van der Waals surface area contributed by atoms with E-state index in [-0.39, 0.29) is 0 Å². The Hall–Kier alpha value is 0.310. The summed E-state index contributed by atoms with van der Waals surface area (Å²) in [6.45, 7) is 8.12. The van der Waals surface area contributed by atoms with Crippen LogP contribution < -0.4 is 5.32 Å². The van der Waals surface area contributed by atoms with Crippen LogP contribution in [0.2, 0.25) is 0 Å². The van der Waals surface area contributed by atoms with Crippen molar-refractivity contribution in [1.82, 2.24) is 5.32 Å². The van der Waals surface area contributed by atoms with E-state index in [9.17, 15) is 0 Å². The average Bonchev–Trinajstić information content (AvgIpc) is 2.36. The molecule has 1 atom stereocenters. The minimum atomic E-state index is 0.443. The second-order valence-electron chi connectivity index (χ2n) is 4.54. The lowest BCUT2D eigenvalue weighted by atomic mass is 10.2. The second kappa shape index (κ2) is 4.52. The van der Waals surface area contributed by atoms with Crippen molar-refractivity contribution in [2.75, 3.05) is 12.3 Å². The van der Waals surface area contributed by atoms with Gasteiger partial charge in [-0.2, -0.15) is 11.8 Å². The lowest BCUT2D eigenvalue weighted by Crippen LogP contribution is -2.22. The third-order valence-electron chi connectivity index (χ3n) is 2.16. The van der Waals surface area contributed by atoms with Crippen LogP contribution in [-0.2, 0) is 0 Å². The second-order valence-corrected chi connectivity index (χ2v) is 6.46. The summed E-state index contributed by atoms with van der Waals surface area (Å²) in [6.07, 6.45) is 4.12. The van der Waals surface area contributed by atoms with Crippen molar-refractivity contribution < 1.29 is 0 Å². The van der Waals surface area contributed by atoms with Crippen LogP contribution in [-0.4, -0.2) is 23.1 Å². The van der Waals surface area contributed by atoms with Gasteiger partial charge in [0.1, 0.15) is 0 Å². The molecule has 0 aliphatic carbocycles. The van der Waals surface area contributed by atoms with Crippen molar-refractivity contribution in [2.45, 2.75) is 50.8 Å². The molecule has 0 aromatic heterocycles. The molecular formula is C10H21NS. The van der Waals surface area contributed by atoms with Crippen LogP contribution in [0.15, 0.2) is 0 Å². The fourth-order valence-corrected chi connectivity index (χ4v) is 2.53. The predicted molar refractivity (Wildman–Crippen MR) is 57.9 cm³/mol. The largest absolute Gasteiger partial charge is 0.314 e. The summed E-state index contributed by atoms with van der Waals surface area (Å²) >= 11 is 2.08. The van der Waals surface area contributed by atoms with Gasteiger partial charge in [0.2, 0.25) is 0 Å². The minimum Gasteiger partial charge on any atom is -0.314 e. The highest BCUT2D eigenvalue weighted by atomic mass is 32.2. The Morgan fingerprint density at radius 1 is 1.42 bits per heavy atom. The Morgan fingerprint density at radius 2 is 2.17 bits per heavy atom. The van der Waals surface area contributed by atoms with Gasteiger partial charge in [-0.25, -0.2) is 0 Å². The van der Waals surface area contributed by atoms with Crippen LogP contribution in [0.1, 0.15) is 40.0 Å². The van der Waals surface area contributed by atoms with E-state index in [1.165, 1.54) is 31.6 Å². The molecule has 1 rings (SSSR count). The minimum absolute atomic E-state index is 0.443. The molecule has 1 saturated heterocycles. The zero-order valence-electron chi connectivity index (χ0n) is 8.52. The lowest BCUT2D eigenvalue weighted by Gasteiger charge is -2.18. The van der Waals surface area contributed by atoms with E-state index in [0.717, 1.165) is 6.04 Å². The Kier molecular flexibility index (Phi) is 3.91. The highest BCUT2D eigenvalue weighted by Crippen LogP contribution is 2.25. The molecule has 12 heavy (non-hydrogen) atoms. The summed E-state index contributed by atoms with van der Waals surface area (Å²) < 4.78 is 0.443. The van der Waals surface area contributed by atoms with Crippen molar-refractivity contribution in [3.63, 3.8) is 0 Å². The molecule has 0 aromatic carbocycles. The van der Waals surface area contributed by atoms with Crippen molar-refractivity contribution in [2.24, 2.45) is 0 Å².